The predicted octanol–water partition coefficient (Wildman–Crippen LogP) is 6.51. The van der Waals surface area contributed by atoms with Crippen LogP contribution in [0.15, 0.2) is 60.7 Å². The quantitative estimate of drug-likeness (QED) is 0.163. The lowest BCUT2D eigenvalue weighted by molar-refractivity contribution is -0.117. The van der Waals surface area contributed by atoms with Gasteiger partial charge in [-0.2, -0.15) is 19.9 Å². The molecule has 2 atom stereocenters. The lowest BCUT2D eigenvalue weighted by atomic mass is 9.95. The average Bonchev–Trinajstić information content (AvgIpc) is 3.79. The molecule has 4 aromatic rings. The molecule has 47 heavy (non-hydrogen) atoms. The maximum Gasteiger partial charge on any atom is 0.228 e. The Morgan fingerprint density at radius 1 is 0.851 bits per heavy atom. The first-order chi connectivity index (χ1) is 22.8. The third kappa shape index (κ3) is 8.15. The Morgan fingerprint density at radius 3 is 2.28 bits per heavy atom. The van der Waals surface area contributed by atoms with E-state index in [1.54, 1.807) is 11.0 Å². The van der Waals surface area contributed by atoms with Crippen LogP contribution in [-0.2, 0) is 11.2 Å². The molecule has 0 spiro atoms. The number of halogens is 2. The number of carbonyl (C=O) groups excluding carboxylic acids is 1. The van der Waals surface area contributed by atoms with Gasteiger partial charge < -0.3 is 27.0 Å². The van der Waals surface area contributed by atoms with Crippen LogP contribution < -0.4 is 31.9 Å². The van der Waals surface area contributed by atoms with E-state index in [4.69, 9.17) is 34.7 Å². The highest BCUT2D eigenvalue weighted by Gasteiger charge is 2.35. The molecule has 2 aromatic carbocycles. The van der Waals surface area contributed by atoms with E-state index in [9.17, 15) is 4.79 Å². The number of piperidine rings is 1. The number of nitrogen functional groups attached to an aromatic ring is 2. The molecule has 3 aliphatic rings. The van der Waals surface area contributed by atoms with E-state index < -0.39 is 0 Å². The van der Waals surface area contributed by atoms with E-state index in [2.05, 4.69) is 41.5 Å². The van der Waals surface area contributed by atoms with Crippen LogP contribution in [0.2, 0.25) is 10.0 Å². The molecule has 2 unspecified atom stereocenters. The second-order valence-electron chi connectivity index (χ2n) is 12.1. The molecule has 4 heterocycles. The van der Waals surface area contributed by atoms with Gasteiger partial charge in [-0.05, 0) is 74.3 Å². The van der Waals surface area contributed by atoms with Crippen LogP contribution in [0.3, 0.4) is 0 Å². The summed E-state index contributed by atoms with van der Waals surface area (Å²) in [5.41, 5.74) is 13.9. The van der Waals surface area contributed by atoms with Crippen LogP contribution in [0.1, 0.15) is 62.1 Å². The van der Waals surface area contributed by atoms with Gasteiger partial charge in [0.05, 0.1) is 6.04 Å². The molecule has 0 bridgehead atoms. The Labute approximate surface area is 285 Å². The first-order valence-electron chi connectivity index (χ1n) is 16.1. The molecule has 3 fully saturated rings. The summed E-state index contributed by atoms with van der Waals surface area (Å²) in [6.07, 6.45) is 7.94. The van der Waals surface area contributed by atoms with E-state index >= 15 is 0 Å². The summed E-state index contributed by atoms with van der Waals surface area (Å²) in [4.78, 5) is 33.7. The van der Waals surface area contributed by atoms with Crippen LogP contribution in [0.25, 0.3) is 0 Å². The van der Waals surface area contributed by atoms with Crippen LogP contribution in [0.5, 0.6) is 0 Å². The van der Waals surface area contributed by atoms with Gasteiger partial charge in [-0.25, -0.2) is 0 Å². The zero-order chi connectivity index (χ0) is 32.9. The van der Waals surface area contributed by atoms with Crippen molar-refractivity contribution < 1.29 is 4.79 Å². The fraction of sp³-hybridized carbons (Fsp3) is 0.382. The fourth-order valence-electron chi connectivity index (χ4n) is 6.22. The summed E-state index contributed by atoms with van der Waals surface area (Å²) >= 11 is 12.3. The Balaban J connectivity index is 0.000000165. The number of amides is 1. The van der Waals surface area contributed by atoms with Crippen molar-refractivity contribution in [3.8, 4) is 0 Å². The van der Waals surface area contributed by atoms with E-state index in [0.29, 0.717) is 41.1 Å². The maximum atomic E-state index is 12.5. The predicted molar refractivity (Wildman–Crippen MR) is 190 cm³/mol. The van der Waals surface area contributed by atoms with Crippen molar-refractivity contribution in [1.82, 2.24) is 19.9 Å². The van der Waals surface area contributed by atoms with Crippen molar-refractivity contribution in [3.05, 3.63) is 81.8 Å². The average molecular weight is 676 g/mol. The van der Waals surface area contributed by atoms with Crippen molar-refractivity contribution in [2.75, 3.05) is 45.5 Å². The molecule has 2 saturated heterocycles. The third-order valence-electron chi connectivity index (χ3n) is 8.69. The smallest absolute Gasteiger partial charge is 0.228 e. The van der Waals surface area contributed by atoms with E-state index in [1.165, 1.54) is 12.0 Å². The van der Waals surface area contributed by atoms with Crippen molar-refractivity contribution in [2.24, 2.45) is 0 Å². The number of aromatic nitrogens is 4. The Bertz CT molecular complexity index is 1700. The minimum Gasteiger partial charge on any atom is -0.373 e. The number of rotatable bonds is 8. The molecule has 1 amide bonds. The van der Waals surface area contributed by atoms with Gasteiger partial charge in [0.25, 0.3) is 0 Å². The van der Waals surface area contributed by atoms with Gasteiger partial charge in [-0.3, -0.25) is 9.69 Å². The van der Waals surface area contributed by atoms with Gasteiger partial charge in [-0.15, -0.1) is 0 Å². The van der Waals surface area contributed by atoms with Crippen molar-refractivity contribution in [3.63, 3.8) is 0 Å². The van der Waals surface area contributed by atoms with Crippen molar-refractivity contribution in [1.29, 1.82) is 0 Å². The topological polar surface area (TPSA) is 151 Å². The molecule has 1 aliphatic carbocycles. The van der Waals surface area contributed by atoms with Crippen LogP contribution in [0.4, 0.5) is 35.2 Å². The van der Waals surface area contributed by atoms with Gasteiger partial charge >= 0.3 is 0 Å². The summed E-state index contributed by atoms with van der Waals surface area (Å²) in [6.45, 7) is 0.981. The molecular formula is C34H40Cl2N10O. The van der Waals surface area contributed by atoms with Gasteiger partial charge in [0.1, 0.15) is 23.3 Å². The molecular weight excluding hydrogens is 635 g/mol. The number of hydrogen-bond acceptors (Lipinski definition) is 10. The number of benzene rings is 2. The summed E-state index contributed by atoms with van der Waals surface area (Å²) in [7, 11) is 1.84. The second-order valence-corrected chi connectivity index (χ2v) is 13.0. The molecule has 2 aromatic heterocycles. The molecule has 7 rings (SSSR count). The fourth-order valence-corrected chi connectivity index (χ4v) is 6.56. The maximum absolute atomic E-state index is 12.5. The SMILES string of the molecule is CNc1cc(N2CCCCC2Cc2ccccc2Cl)nc(N)n1.Nc1nc(NC2CC2)cc(N2C(=O)CCC2c2ccc(Cl)cc2)n1. The Hall–Kier alpha value is -4.35. The lowest BCUT2D eigenvalue weighted by Gasteiger charge is -2.37. The van der Waals surface area contributed by atoms with Gasteiger partial charge in [0.15, 0.2) is 0 Å². The number of nitrogens with one attached hydrogen (secondary N) is 2. The van der Waals surface area contributed by atoms with Gasteiger partial charge in [0.2, 0.25) is 17.8 Å². The zero-order valence-electron chi connectivity index (χ0n) is 26.4. The lowest BCUT2D eigenvalue weighted by Crippen LogP contribution is -2.41. The largest absolute Gasteiger partial charge is 0.373 e. The van der Waals surface area contributed by atoms with Crippen LogP contribution in [0, 0.1) is 0 Å². The molecule has 0 radical (unpaired) electrons. The summed E-state index contributed by atoms with van der Waals surface area (Å²) in [6, 6.07) is 20.2. The second kappa shape index (κ2) is 14.6. The van der Waals surface area contributed by atoms with E-state index in [-0.39, 0.29) is 17.9 Å². The molecule has 2 aliphatic heterocycles. The Morgan fingerprint density at radius 2 is 1.55 bits per heavy atom. The third-order valence-corrected chi connectivity index (χ3v) is 9.31. The van der Waals surface area contributed by atoms with Crippen molar-refractivity contribution in [2.45, 2.75) is 69.5 Å². The minimum absolute atomic E-state index is 0.0467. The molecule has 11 nitrogen and oxygen atoms in total. The number of hydrogen-bond donors (Lipinski definition) is 4. The highest BCUT2D eigenvalue weighted by molar-refractivity contribution is 6.31. The van der Waals surface area contributed by atoms with Crippen molar-refractivity contribution >= 4 is 64.3 Å². The normalized spacial score (nSPS) is 19.3. The summed E-state index contributed by atoms with van der Waals surface area (Å²) in [5, 5.41) is 7.86. The van der Waals surface area contributed by atoms with Gasteiger partial charge in [-0.1, -0.05) is 53.5 Å². The standard InChI is InChI=1S/C17H18ClN5O.C17H22ClN5/c18-11-3-1-10(2-4-11)13-7-8-16(24)23(13)15-9-14(20-12-5-6-12)21-17(19)22-15;1-20-15-11-16(22-17(19)21-15)23-9-5-4-7-13(23)10-12-6-2-3-8-14(12)18/h1-4,9,12-13H,5-8H2,(H3,19,20,21,22);2-3,6,8,11,13H,4-5,7,9-10H2,1H3,(H3,19,20,21,22). The van der Waals surface area contributed by atoms with Gasteiger partial charge in [0, 0.05) is 54.3 Å². The molecule has 6 N–H and O–H groups in total. The van der Waals surface area contributed by atoms with E-state index in [1.807, 2.05) is 55.6 Å². The molecule has 13 heteroatoms. The Kier molecular flexibility index (Phi) is 10.1. The van der Waals surface area contributed by atoms with Crippen LogP contribution in [-0.4, -0.2) is 51.5 Å². The molecule has 1 saturated carbocycles. The number of carbonyl (C=O) groups is 1. The summed E-state index contributed by atoms with van der Waals surface area (Å²) in [5.74, 6) is 3.38. The number of anilines is 6. The minimum atomic E-state index is -0.0576. The number of nitrogens with zero attached hydrogens (tertiary/aromatic N) is 6. The summed E-state index contributed by atoms with van der Waals surface area (Å²) < 4.78 is 0. The first-order valence-corrected chi connectivity index (χ1v) is 16.8. The highest BCUT2D eigenvalue weighted by atomic mass is 35.5. The monoisotopic (exact) mass is 674 g/mol. The first kappa shape index (κ1) is 32.6. The zero-order valence-corrected chi connectivity index (χ0v) is 27.9. The number of nitrogens with two attached hydrogens (primary N) is 2. The van der Waals surface area contributed by atoms with E-state index in [0.717, 1.165) is 67.3 Å². The van der Waals surface area contributed by atoms with Crippen LogP contribution >= 0.6 is 23.2 Å². The molecule has 246 valence electrons. The highest BCUT2D eigenvalue weighted by Crippen LogP contribution is 2.38.